The van der Waals surface area contributed by atoms with Gasteiger partial charge in [-0.15, -0.1) is 10.2 Å². The van der Waals surface area contributed by atoms with Crippen molar-refractivity contribution < 1.29 is 18.7 Å². The molecule has 0 aliphatic heterocycles. The molecular formula is C14H12ClFN4O3. The molecule has 0 saturated heterocycles. The fourth-order valence-corrected chi connectivity index (χ4v) is 1.98. The average molecular weight is 339 g/mol. The van der Waals surface area contributed by atoms with Gasteiger partial charge in [0.25, 0.3) is 11.8 Å². The largest absolute Gasteiger partial charge is 0.493 e. The van der Waals surface area contributed by atoms with E-state index in [1.165, 1.54) is 32.4 Å². The molecule has 2 amide bonds. The Balaban J connectivity index is 2.40. The number of ether oxygens (including phenoxy) is 1. The highest BCUT2D eigenvalue weighted by atomic mass is 35.5. The van der Waals surface area contributed by atoms with E-state index in [2.05, 4.69) is 20.8 Å². The van der Waals surface area contributed by atoms with Crippen molar-refractivity contribution in [1.29, 1.82) is 0 Å². The molecule has 0 radical (unpaired) electrons. The summed E-state index contributed by atoms with van der Waals surface area (Å²) in [4.78, 5) is 24.1. The number of methoxy groups -OCH3 is 1. The molecule has 0 bridgehead atoms. The maximum absolute atomic E-state index is 13.7. The maximum Gasteiger partial charge on any atom is 0.273 e. The molecule has 0 spiro atoms. The number of halogens is 2. The first-order valence-corrected chi connectivity index (χ1v) is 6.75. The number of nitrogens with zero attached hydrogens (tertiary/aromatic N) is 2. The van der Waals surface area contributed by atoms with Crippen LogP contribution < -0.4 is 15.4 Å². The van der Waals surface area contributed by atoms with E-state index in [-0.39, 0.29) is 27.8 Å². The molecule has 9 heteroatoms. The summed E-state index contributed by atoms with van der Waals surface area (Å²) in [5.41, 5.74) is -0.121. The zero-order valence-electron chi connectivity index (χ0n) is 12.2. The van der Waals surface area contributed by atoms with Crippen molar-refractivity contribution in [3.8, 4) is 5.75 Å². The van der Waals surface area contributed by atoms with E-state index < -0.39 is 17.6 Å². The Labute approximate surface area is 135 Å². The highest BCUT2D eigenvalue weighted by Gasteiger charge is 2.20. The van der Waals surface area contributed by atoms with E-state index in [0.29, 0.717) is 0 Å². The standard InChI is InChI=1S/C14H12ClFN4O3/c1-17-14(22)11-9(6-10(15)19-20-11)18-13(21)7-4-3-5-8(16)12(7)23-2/h3-6H,1-2H3,(H,17,22)(H,18,19,21). The van der Waals surface area contributed by atoms with Crippen LogP contribution in [0, 0.1) is 5.82 Å². The zero-order valence-corrected chi connectivity index (χ0v) is 12.9. The number of amides is 2. The van der Waals surface area contributed by atoms with Crippen molar-refractivity contribution in [3.63, 3.8) is 0 Å². The summed E-state index contributed by atoms with van der Waals surface area (Å²) in [6.45, 7) is 0. The lowest BCUT2D eigenvalue weighted by Crippen LogP contribution is -2.23. The molecule has 0 unspecified atom stereocenters. The predicted molar refractivity (Wildman–Crippen MR) is 81.3 cm³/mol. The van der Waals surface area contributed by atoms with Crippen LogP contribution in [0.25, 0.3) is 0 Å². The Morgan fingerprint density at radius 2 is 2.00 bits per heavy atom. The van der Waals surface area contributed by atoms with Crippen molar-refractivity contribution in [1.82, 2.24) is 15.5 Å². The van der Waals surface area contributed by atoms with Gasteiger partial charge >= 0.3 is 0 Å². The third-order valence-corrected chi connectivity index (χ3v) is 3.05. The summed E-state index contributed by atoms with van der Waals surface area (Å²) in [6, 6.07) is 5.18. The highest BCUT2D eigenvalue weighted by Crippen LogP contribution is 2.24. The number of nitrogens with one attached hydrogen (secondary N) is 2. The van der Waals surface area contributed by atoms with Gasteiger partial charge in [-0.25, -0.2) is 4.39 Å². The molecule has 1 aromatic heterocycles. The molecule has 120 valence electrons. The smallest absolute Gasteiger partial charge is 0.273 e. The Morgan fingerprint density at radius 1 is 1.26 bits per heavy atom. The molecule has 0 atom stereocenters. The first kappa shape index (κ1) is 16.6. The van der Waals surface area contributed by atoms with Gasteiger partial charge in [0.1, 0.15) is 0 Å². The number of carbonyl (C=O) groups is 2. The molecular weight excluding hydrogens is 327 g/mol. The minimum absolute atomic E-state index is 0.0147. The fourth-order valence-electron chi connectivity index (χ4n) is 1.83. The van der Waals surface area contributed by atoms with Crippen LogP contribution >= 0.6 is 11.6 Å². The zero-order chi connectivity index (χ0) is 17.0. The summed E-state index contributed by atoms with van der Waals surface area (Å²) in [5, 5.41) is 12.0. The molecule has 0 aliphatic rings. The fraction of sp³-hybridized carbons (Fsp3) is 0.143. The van der Waals surface area contributed by atoms with Crippen molar-refractivity contribution in [2.45, 2.75) is 0 Å². The van der Waals surface area contributed by atoms with Crippen molar-refractivity contribution in [3.05, 3.63) is 46.5 Å². The van der Waals surface area contributed by atoms with Gasteiger partial charge in [-0.3, -0.25) is 9.59 Å². The molecule has 2 aromatic rings. The topological polar surface area (TPSA) is 93.2 Å². The van der Waals surface area contributed by atoms with Gasteiger partial charge in [-0.05, 0) is 12.1 Å². The number of hydrogen-bond donors (Lipinski definition) is 2. The molecule has 7 nitrogen and oxygen atoms in total. The summed E-state index contributed by atoms with van der Waals surface area (Å²) in [7, 11) is 2.65. The lowest BCUT2D eigenvalue weighted by molar-refractivity contribution is 0.0958. The lowest BCUT2D eigenvalue weighted by atomic mass is 10.1. The molecule has 1 aromatic carbocycles. The Kier molecular flexibility index (Phi) is 5.07. The van der Waals surface area contributed by atoms with Gasteiger partial charge in [0.2, 0.25) is 0 Å². The van der Waals surface area contributed by atoms with Crippen molar-refractivity contribution in [2.24, 2.45) is 0 Å². The van der Waals surface area contributed by atoms with Gasteiger partial charge in [0.05, 0.1) is 18.4 Å². The van der Waals surface area contributed by atoms with Crippen molar-refractivity contribution >= 4 is 29.1 Å². The highest BCUT2D eigenvalue weighted by molar-refractivity contribution is 6.29. The van der Waals surface area contributed by atoms with Gasteiger partial charge < -0.3 is 15.4 Å². The van der Waals surface area contributed by atoms with Gasteiger partial charge in [0, 0.05) is 13.1 Å². The number of carbonyl (C=O) groups excluding carboxylic acids is 2. The Hall–Kier alpha value is -2.74. The first-order chi connectivity index (χ1) is 11.0. The molecule has 2 rings (SSSR count). The normalized spacial score (nSPS) is 10.1. The minimum atomic E-state index is -0.685. The SMILES string of the molecule is CNC(=O)c1nnc(Cl)cc1NC(=O)c1cccc(F)c1OC. The number of para-hydroxylation sites is 1. The summed E-state index contributed by atoms with van der Waals surface area (Å²) in [5.74, 6) is -2.14. The first-order valence-electron chi connectivity index (χ1n) is 6.37. The summed E-state index contributed by atoms with van der Waals surface area (Å²) in [6.07, 6.45) is 0. The van der Waals surface area contributed by atoms with E-state index in [1.54, 1.807) is 0 Å². The minimum Gasteiger partial charge on any atom is -0.493 e. The molecule has 0 saturated carbocycles. The quantitative estimate of drug-likeness (QED) is 0.888. The van der Waals surface area contributed by atoms with Gasteiger partial charge in [0.15, 0.2) is 22.4 Å². The van der Waals surface area contributed by atoms with E-state index in [4.69, 9.17) is 16.3 Å². The van der Waals surface area contributed by atoms with E-state index >= 15 is 0 Å². The van der Waals surface area contributed by atoms with E-state index in [0.717, 1.165) is 6.07 Å². The van der Waals surface area contributed by atoms with Gasteiger partial charge in [-0.1, -0.05) is 17.7 Å². The Bertz CT molecular complexity index is 770. The number of hydrogen-bond acceptors (Lipinski definition) is 5. The van der Waals surface area contributed by atoms with E-state index in [9.17, 15) is 14.0 Å². The van der Waals surface area contributed by atoms with Crippen LogP contribution in [0.4, 0.5) is 10.1 Å². The second-order valence-electron chi connectivity index (χ2n) is 4.28. The van der Waals surface area contributed by atoms with Crippen LogP contribution in [0.1, 0.15) is 20.8 Å². The van der Waals surface area contributed by atoms with Crippen LogP contribution in [0.3, 0.4) is 0 Å². The van der Waals surface area contributed by atoms with Crippen LogP contribution in [0.2, 0.25) is 5.15 Å². The predicted octanol–water partition coefficient (Wildman–Crippen LogP) is 1.89. The summed E-state index contributed by atoms with van der Waals surface area (Å²) < 4.78 is 18.6. The maximum atomic E-state index is 13.7. The molecule has 1 heterocycles. The Morgan fingerprint density at radius 3 is 2.65 bits per heavy atom. The number of aromatic nitrogens is 2. The van der Waals surface area contributed by atoms with Crippen LogP contribution in [0.5, 0.6) is 5.75 Å². The number of rotatable bonds is 4. The summed E-state index contributed by atoms with van der Waals surface area (Å²) >= 11 is 5.74. The van der Waals surface area contributed by atoms with Crippen LogP contribution in [-0.2, 0) is 0 Å². The van der Waals surface area contributed by atoms with Crippen LogP contribution in [0.15, 0.2) is 24.3 Å². The number of anilines is 1. The van der Waals surface area contributed by atoms with E-state index in [1.807, 2.05) is 0 Å². The second kappa shape index (κ2) is 7.01. The number of benzene rings is 1. The van der Waals surface area contributed by atoms with Gasteiger partial charge in [-0.2, -0.15) is 0 Å². The molecule has 0 aliphatic carbocycles. The van der Waals surface area contributed by atoms with Crippen molar-refractivity contribution in [2.75, 3.05) is 19.5 Å². The lowest BCUT2D eigenvalue weighted by Gasteiger charge is -2.11. The molecule has 2 N–H and O–H groups in total. The third-order valence-electron chi connectivity index (χ3n) is 2.87. The molecule has 23 heavy (non-hydrogen) atoms. The second-order valence-corrected chi connectivity index (χ2v) is 4.67. The van der Waals surface area contributed by atoms with Crippen LogP contribution in [-0.4, -0.2) is 36.2 Å². The molecule has 0 fully saturated rings. The monoisotopic (exact) mass is 338 g/mol. The average Bonchev–Trinajstić information content (AvgIpc) is 2.54. The third kappa shape index (κ3) is 3.54.